The quantitative estimate of drug-likeness (QED) is 0.782. The third-order valence-corrected chi connectivity index (χ3v) is 2.10. The molecule has 0 saturated heterocycles. The van der Waals surface area contributed by atoms with Gasteiger partial charge in [-0.1, -0.05) is 13.8 Å². The Labute approximate surface area is 115 Å². The number of amides is 1. The lowest BCUT2D eigenvalue weighted by atomic mass is 10.3. The van der Waals surface area contributed by atoms with Crippen LogP contribution in [0.2, 0.25) is 0 Å². The highest BCUT2D eigenvalue weighted by Crippen LogP contribution is 2.15. The fourth-order valence-electron chi connectivity index (χ4n) is 1.35. The Kier molecular flexibility index (Phi) is 8.16. The fraction of sp³-hybridized carbons (Fsp3) is 0.462. The molecule has 4 nitrogen and oxygen atoms in total. The summed E-state index contributed by atoms with van der Waals surface area (Å²) in [5, 5.41) is 5.98. The van der Waals surface area contributed by atoms with Crippen molar-refractivity contribution in [3.8, 4) is 5.75 Å². The Balaban J connectivity index is 0.00000289. The van der Waals surface area contributed by atoms with Crippen LogP contribution in [0.15, 0.2) is 24.3 Å². The van der Waals surface area contributed by atoms with E-state index < -0.39 is 0 Å². The van der Waals surface area contributed by atoms with Gasteiger partial charge >= 0.3 is 0 Å². The minimum atomic E-state index is -0.0696. The number of hydrogen-bond acceptors (Lipinski definition) is 3. The maximum atomic E-state index is 10.8. The van der Waals surface area contributed by atoms with Crippen LogP contribution in [0.3, 0.4) is 0 Å². The number of carbonyl (C=O) groups is 1. The molecule has 1 aromatic rings. The van der Waals surface area contributed by atoms with Crippen molar-refractivity contribution in [2.75, 3.05) is 18.5 Å². The summed E-state index contributed by atoms with van der Waals surface area (Å²) < 4.78 is 5.54. The lowest BCUT2D eigenvalue weighted by molar-refractivity contribution is -0.114. The molecule has 0 unspecified atom stereocenters. The Morgan fingerprint density at radius 3 is 2.39 bits per heavy atom. The van der Waals surface area contributed by atoms with Crippen molar-refractivity contribution < 1.29 is 9.53 Å². The average molecular weight is 273 g/mol. The van der Waals surface area contributed by atoms with Crippen LogP contribution < -0.4 is 15.4 Å². The van der Waals surface area contributed by atoms with E-state index in [1.807, 2.05) is 24.3 Å². The molecular weight excluding hydrogens is 252 g/mol. The Morgan fingerprint density at radius 2 is 1.89 bits per heavy atom. The third kappa shape index (κ3) is 7.14. The zero-order valence-electron chi connectivity index (χ0n) is 11.0. The Hall–Kier alpha value is -1.26. The second kappa shape index (κ2) is 8.78. The van der Waals surface area contributed by atoms with E-state index in [0.29, 0.717) is 12.6 Å². The van der Waals surface area contributed by atoms with Gasteiger partial charge in [0.25, 0.3) is 0 Å². The van der Waals surface area contributed by atoms with Crippen LogP contribution in [0, 0.1) is 0 Å². The summed E-state index contributed by atoms with van der Waals surface area (Å²) in [6.45, 7) is 7.15. The molecule has 0 saturated carbocycles. The summed E-state index contributed by atoms with van der Waals surface area (Å²) in [4.78, 5) is 10.8. The molecule has 102 valence electrons. The summed E-state index contributed by atoms with van der Waals surface area (Å²) >= 11 is 0. The van der Waals surface area contributed by atoms with E-state index in [9.17, 15) is 4.79 Å². The normalized spacial score (nSPS) is 9.78. The molecule has 0 spiro atoms. The van der Waals surface area contributed by atoms with Gasteiger partial charge < -0.3 is 15.4 Å². The van der Waals surface area contributed by atoms with E-state index in [0.717, 1.165) is 18.0 Å². The minimum absolute atomic E-state index is 0. The Bertz CT molecular complexity index is 353. The molecule has 18 heavy (non-hydrogen) atoms. The maximum absolute atomic E-state index is 10.8. The van der Waals surface area contributed by atoms with Crippen molar-refractivity contribution in [1.82, 2.24) is 5.32 Å². The first-order valence-electron chi connectivity index (χ1n) is 5.82. The van der Waals surface area contributed by atoms with E-state index in [1.165, 1.54) is 6.92 Å². The molecule has 0 radical (unpaired) electrons. The van der Waals surface area contributed by atoms with E-state index in [2.05, 4.69) is 24.5 Å². The van der Waals surface area contributed by atoms with Gasteiger partial charge in [0.15, 0.2) is 0 Å². The first kappa shape index (κ1) is 16.7. The van der Waals surface area contributed by atoms with Gasteiger partial charge in [-0.2, -0.15) is 0 Å². The fourth-order valence-corrected chi connectivity index (χ4v) is 1.35. The largest absolute Gasteiger partial charge is 0.492 e. The van der Waals surface area contributed by atoms with Crippen molar-refractivity contribution >= 4 is 24.0 Å². The van der Waals surface area contributed by atoms with Gasteiger partial charge in [0.2, 0.25) is 5.91 Å². The molecule has 1 aromatic carbocycles. The number of hydrogen-bond donors (Lipinski definition) is 2. The second-order valence-corrected chi connectivity index (χ2v) is 4.16. The highest BCUT2D eigenvalue weighted by Gasteiger charge is 1.97. The highest BCUT2D eigenvalue weighted by molar-refractivity contribution is 5.88. The standard InChI is InChI=1S/C13H20N2O2.ClH/c1-10(2)14-8-9-17-13-6-4-12(5-7-13)15-11(3)16;/h4-7,10,14H,8-9H2,1-3H3,(H,15,16);1H. The number of carbonyl (C=O) groups excluding carboxylic acids is 1. The van der Waals surface area contributed by atoms with E-state index in [-0.39, 0.29) is 18.3 Å². The third-order valence-electron chi connectivity index (χ3n) is 2.10. The molecule has 2 N–H and O–H groups in total. The lowest BCUT2D eigenvalue weighted by Crippen LogP contribution is -2.27. The zero-order chi connectivity index (χ0) is 12.7. The van der Waals surface area contributed by atoms with Crippen LogP contribution >= 0.6 is 12.4 Å². The molecule has 1 amide bonds. The van der Waals surface area contributed by atoms with E-state index in [1.54, 1.807) is 0 Å². The van der Waals surface area contributed by atoms with Crippen molar-refractivity contribution in [2.45, 2.75) is 26.8 Å². The van der Waals surface area contributed by atoms with Gasteiger partial charge in [-0.15, -0.1) is 12.4 Å². The van der Waals surface area contributed by atoms with Gasteiger partial charge in [0.1, 0.15) is 12.4 Å². The number of halogens is 1. The molecule has 0 heterocycles. The SMILES string of the molecule is CC(=O)Nc1ccc(OCCNC(C)C)cc1.Cl. The van der Waals surface area contributed by atoms with Crippen molar-refractivity contribution in [3.63, 3.8) is 0 Å². The molecule has 0 atom stereocenters. The molecule has 5 heteroatoms. The van der Waals surface area contributed by atoms with Crippen LogP contribution in [0.1, 0.15) is 20.8 Å². The molecule has 0 aliphatic heterocycles. The van der Waals surface area contributed by atoms with Gasteiger partial charge in [-0.05, 0) is 24.3 Å². The summed E-state index contributed by atoms with van der Waals surface area (Å²) in [6, 6.07) is 7.82. The van der Waals surface area contributed by atoms with Gasteiger partial charge in [-0.3, -0.25) is 4.79 Å². The number of anilines is 1. The molecular formula is C13H21ClN2O2. The monoisotopic (exact) mass is 272 g/mol. The summed E-state index contributed by atoms with van der Waals surface area (Å²) in [6.07, 6.45) is 0. The topological polar surface area (TPSA) is 50.4 Å². The number of rotatable bonds is 6. The predicted octanol–water partition coefficient (Wildman–Crippen LogP) is 2.44. The predicted molar refractivity (Wildman–Crippen MR) is 76.6 cm³/mol. The summed E-state index contributed by atoms with van der Waals surface area (Å²) in [5.74, 6) is 0.740. The number of nitrogens with one attached hydrogen (secondary N) is 2. The molecule has 0 aliphatic rings. The smallest absolute Gasteiger partial charge is 0.221 e. The van der Waals surface area contributed by atoms with E-state index >= 15 is 0 Å². The van der Waals surface area contributed by atoms with Gasteiger partial charge in [-0.25, -0.2) is 0 Å². The second-order valence-electron chi connectivity index (χ2n) is 4.16. The maximum Gasteiger partial charge on any atom is 0.221 e. The summed E-state index contributed by atoms with van der Waals surface area (Å²) in [5.41, 5.74) is 0.783. The molecule has 0 bridgehead atoms. The van der Waals surface area contributed by atoms with Gasteiger partial charge in [0.05, 0.1) is 0 Å². The first-order valence-corrected chi connectivity index (χ1v) is 5.82. The van der Waals surface area contributed by atoms with Gasteiger partial charge in [0, 0.05) is 25.2 Å². The van der Waals surface area contributed by atoms with Crippen LogP contribution in [-0.2, 0) is 4.79 Å². The van der Waals surface area contributed by atoms with Crippen molar-refractivity contribution in [2.24, 2.45) is 0 Å². The number of ether oxygens (including phenoxy) is 1. The van der Waals surface area contributed by atoms with Crippen LogP contribution in [0.5, 0.6) is 5.75 Å². The zero-order valence-corrected chi connectivity index (χ0v) is 11.8. The van der Waals surface area contributed by atoms with Crippen LogP contribution in [-0.4, -0.2) is 25.1 Å². The molecule has 1 rings (SSSR count). The van der Waals surface area contributed by atoms with Crippen molar-refractivity contribution in [3.05, 3.63) is 24.3 Å². The first-order chi connectivity index (χ1) is 8.08. The van der Waals surface area contributed by atoms with Crippen LogP contribution in [0.25, 0.3) is 0 Å². The van der Waals surface area contributed by atoms with Crippen LogP contribution in [0.4, 0.5) is 5.69 Å². The lowest BCUT2D eigenvalue weighted by Gasteiger charge is -2.10. The highest BCUT2D eigenvalue weighted by atomic mass is 35.5. The molecule has 0 aromatic heterocycles. The van der Waals surface area contributed by atoms with E-state index in [4.69, 9.17) is 4.74 Å². The summed E-state index contributed by atoms with van der Waals surface area (Å²) in [7, 11) is 0. The Morgan fingerprint density at radius 1 is 1.28 bits per heavy atom. The molecule has 0 fully saturated rings. The molecule has 0 aliphatic carbocycles. The number of benzene rings is 1. The van der Waals surface area contributed by atoms with Crippen molar-refractivity contribution in [1.29, 1.82) is 0 Å². The average Bonchev–Trinajstić information content (AvgIpc) is 2.25. The minimum Gasteiger partial charge on any atom is -0.492 e.